The highest BCUT2D eigenvalue weighted by atomic mass is 79.9. The van der Waals surface area contributed by atoms with Crippen molar-refractivity contribution in [3.05, 3.63) is 28.7 Å². The van der Waals surface area contributed by atoms with E-state index in [4.69, 9.17) is 0 Å². The van der Waals surface area contributed by atoms with Gasteiger partial charge in [0.15, 0.2) is 0 Å². The number of rotatable bonds is 3. The molecule has 0 aromatic heterocycles. The van der Waals surface area contributed by atoms with Gasteiger partial charge in [-0.1, -0.05) is 32.9 Å². The first kappa shape index (κ1) is 15.8. The molecule has 0 atom stereocenters. The second-order valence-electron chi connectivity index (χ2n) is 7.18. The molecular formula is C17H26BrNO. The summed E-state index contributed by atoms with van der Waals surface area (Å²) in [5.74, 6) is 0.753. The Bertz CT molecular complexity index is 445. The predicted molar refractivity (Wildman–Crippen MR) is 89.0 cm³/mol. The van der Waals surface area contributed by atoms with Crippen molar-refractivity contribution in [3.63, 3.8) is 0 Å². The van der Waals surface area contributed by atoms with Gasteiger partial charge in [-0.05, 0) is 65.1 Å². The maximum atomic E-state index is 9.91. The Morgan fingerprint density at radius 1 is 1.25 bits per heavy atom. The van der Waals surface area contributed by atoms with Crippen LogP contribution in [0.4, 0.5) is 5.69 Å². The van der Waals surface area contributed by atoms with Crippen molar-refractivity contribution >= 4 is 21.6 Å². The third-order valence-corrected chi connectivity index (χ3v) is 5.44. The first-order valence-electron chi connectivity index (χ1n) is 7.50. The van der Waals surface area contributed by atoms with Gasteiger partial charge >= 0.3 is 0 Å². The molecule has 2 rings (SSSR count). The van der Waals surface area contributed by atoms with Gasteiger partial charge in [-0.25, -0.2) is 0 Å². The Labute approximate surface area is 131 Å². The standard InChI is InChI=1S/C17H26BrNO/c1-16(2,3)13-8-10-17(12-20,11-9-13)19-15-7-5-4-6-14(15)18/h4-7,13,19-20H,8-12H2,1-3H3. The molecule has 1 fully saturated rings. The molecule has 1 saturated carbocycles. The minimum atomic E-state index is -0.161. The van der Waals surface area contributed by atoms with E-state index < -0.39 is 0 Å². The zero-order chi connectivity index (χ0) is 14.8. The van der Waals surface area contributed by atoms with Gasteiger partial charge in [0.1, 0.15) is 0 Å². The summed E-state index contributed by atoms with van der Waals surface area (Å²) in [5.41, 5.74) is 1.29. The lowest BCUT2D eigenvalue weighted by molar-refractivity contribution is 0.104. The van der Waals surface area contributed by atoms with Gasteiger partial charge in [0.25, 0.3) is 0 Å². The van der Waals surface area contributed by atoms with Crippen molar-refractivity contribution in [2.24, 2.45) is 11.3 Å². The molecule has 0 unspecified atom stereocenters. The molecule has 0 heterocycles. The van der Waals surface area contributed by atoms with E-state index in [1.54, 1.807) is 0 Å². The van der Waals surface area contributed by atoms with Crippen molar-refractivity contribution in [1.29, 1.82) is 0 Å². The van der Waals surface area contributed by atoms with Gasteiger partial charge in [-0.15, -0.1) is 0 Å². The summed E-state index contributed by atoms with van der Waals surface area (Å²) in [6.45, 7) is 7.17. The molecule has 0 bridgehead atoms. The molecule has 2 nitrogen and oxygen atoms in total. The van der Waals surface area contributed by atoms with E-state index in [2.05, 4.69) is 48.1 Å². The van der Waals surface area contributed by atoms with Gasteiger partial charge in [-0.2, -0.15) is 0 Å². The number of hydrogen-bond acceptors (Lipinski definition) is 2. The maximum absolute atomic E-state index is 9.91. The first-order valence-corrected chi connectivity index (χ1v) is 8.29. The molecule has 0 saturated heterocycles. The number of para-hydroxylation sites is 1. The first-order chi connectivity index (χ1) is 9.36. The third-order valence-electron chi connectivity index (χ3n) is 4.74. The minimum absolute atomic E-state index is 0.161. The van der Waals surface area contributed by atoms with E-state index in [1.165, 1.54) is 12.8 Å². The lowest BCUT2D eigenvalue weighted by Gasteiger charge is -2.44. The van der Waals surface area contributed by atoms with E-state index in [-0.39, 0.29) is 12.1 Å². The highest BCUT2D eigenvalue weighted by Gasteiger charge is 2.38. The van der Waals surface area contributed by atoms with E-state index in [0.29, 0.717) is 5.41 Å². The average molecular weight is 340 g/mol. The van der Waals surface area contributed by atoms with Crippen LogP contribution in [0.2, 0.25) is 0 Å². The van der Waals surface area contributed by atoms with Gasteiger partial charge in [0.05, 0.1) is 12.1 Å². The Balaban J connectivity index is 2.08. The zero-order valence-corrected chi connectivity index (χ0v) is 14.3. The van der Waals surface area contributed by atoms with Crippen LogP contribution in [0.3, 0.4) is 0 Å². The summed E-state index contributed by atoms with van der Waals surface area (Å²) in [6.07, 6.45) is 4.43. The van der Waals surface area contributed by atoms with Crippen LogP contribution in [0.15, 0.2) is 28.7 Å². The van der Waals surface area contributed by atoms with Crippen LogP contribution in [-0.4, -0.2) is 17.3 Å². The highest BCUT2D eigenvalue weighted by Crippen LogP contribution is 2.43. The largest absolute Gasteiger partial charge is 0.394 e. The van der Waals surface area contributed by atoms with Gasteiger partial charge in [0, 0.05) is 10.2 Å². The summed E-state index contributed by atoms with van der Waals surface area (Å²) < 4.78 is 1.06. The van der Waals surface area contributed by atoms with E-state index in [0.717, 1.165) is 28.9 Å². The molecule has 2 N–H and O–H groups in total. The fourth-order valence-corrected chi connectivity index (χ4v) is 3.59. The number of aliphatic hydroxyl groups is 1. The second kappa shape index (κ2) is 6.07. The van der Waals surface area contributed by atoms with Crippen LogP contribution < -0.4 is 5.32 Å². The molecule has 0 spiro atoms. The molecule has 112 valence electrons. The van der Waals surface area contributed by atoms with Crippen molar-refractivity contribution in [3.8, 4) is 0 Å². The molecule has 1 aromatic rings. The molecule has 0 aliphatic heterocycles. The van der Waals surface area contributed by atoms with Crippen molar-refractivity contribution in [2.75, 3.05) is 11.9 Å². The molecule has 1 aliphatic carbocycles. The van der Waals surface area contributed by atoms with Crippen molar-refractivity contribution < 1.29 is 5.11 Å². The van der Waals surface area contributed by atoms with Gasteiger partial charge in [0.2, 0.25) is 0 Å². The van der Waals surface area contributed by atoms with Gasteiger partial charge < -0.3 is 10.4 Å². The minimum Gasteiger partial charge on any atom is -0.394 e. The fourth-order valence-electron chi connectivity index (χ4n) is 3.21. The quantitative estimate of drug-likeness (QED) is 0.826. The predicted octanol–water partition coefficient (Wildman–Crippen LogP) is 4.83. The smallest absolute Gasteiger partial charge is 0.0661 e. The van der Waals surface area contributed by atoms with E-state index in [9.17, 15) is 5.11 Å². The summed E-state index contributed by atoms with van der Waals surface area (Å²) in [5, 5.41) is 13.5. The number of benzene rings is 1. The van der Waals surface area contributed by atoms with Crippen molar-refractivity contribution in [1.82, 2.24) is 0 Å². The summed E-state index contributed by atoms with van der Waals surface area (Å²) in [7, 11) is 0. The third kappa shape index (κ3) is 3.56. The topological polar surface area (TPSA) is 32.3 Å². The number of hydrogen-bond donors (Lipinski definition) is 2. The molecule has 0 radical (unpaired) electrons. The summed E-state index contributed by atoms with van der Waals surface area (Å²) in [4.78, 5) is 0. The lowest BCUT2D eigenvalue weighted by atomic mass is 9.67. The number of nitrogens with one attached hydrogen (secondary N) is 1. The maximum Gasteiger partial charge on any atom is 0.0661 e. The van der Waals surface area contributed by atoms with Gasteiger partial charge in [-0.3, -0.25) is 0 Å². The van der Waals surface area contributed by atoms with Crippen LogP contribution in [0, 0.1) is 11.3 Å². The molecule has 0 amide bonds. The van der Waals surface area contributed by atoms with Crippen LogP contribution in [0.5, 0.6) is 0 Å². The second-order valence-corrected chi connectivity index (χ2v) is 8.04. The molecular weight excluding hydrogens is 314 g/mol. The Morgan fingerprint density at radius 3 is 2.35 bits per heavy atom. The van der Waals surface area contributed by atoms with Crippen LogP contribution in [-0.2, 0) is 0 Å². The highest BCUT2D eigenvalue weighted by molar-refractivity contribution is 9.10. The molecule has 1 aromatic carbocycles. The average Bonchev–Trinajstić information content (AvgIpc) is 2.41. The zero-order valence-electron chi connectivity index (χ0n) is 12.7. The van der Waals surface area contributed by atoms with Crippen LogP contribution in [0.1, 0.15) is 46.5 Å². The van der Waals surface area contributed by atoms with Crippen molar-refractivity contribution in [2.45, 2.75) is 52.0 Å². The van der Waals surface area contributed by atoms with E-state index in [1.807, 2.05) is 18.2 Å². The lowest BCUT2D eigenvalue weighted by Crippen LogP contribution is -2.46. The summed E-state index contributed by atoms with van der Waals surface area (Å²) in [6, 6.07) is 8.14. The van der Waals surface area contributed by atoms with Crippen LogP contribution >= 0.6 is 15.9 Å². The Morgan fingerprint density at radius 2 is 1.85 bits per heavy atom. The number of halogens is 1. The molecule has 3 heteroatoms. The Hall–Kier alpha value is -0.540. The normalized spacial score (nSPS) is 27.4. The number of anilines is 1. The Kier molecular flexibility index (Phi) is 4.80. The number of aliphatic hydroxyl groups excluding tert-OH is 1. The summed E-state index contributed by atoms with van der Waals surface area (Å²) >= 11 is 3.58. The fraction of sp³-hybridized carbons (Fsp3) is 0.647. The van der Waals surface area contributed by atoms with E-state index >= 15 is 0 Å². The SMILES string of the molecule is CC(C)(C)C1CCC(CO)(Nc2ccccc2Br)CC1. The molecule has 1 aliphatic rings. The van der Waals surface area contributed by atoms with Crippen LogP contribution in [0.25, 0.3) is 0 Å². The molecule has 20 heavy (non-hydrogen) atoms. The monoisotopic (exact) mass is 339 g/mol.